The molecule has 1 spiro atoms. The Balaban J connectivity index is 1.59. The predicted molar refractivity (Wildman–Crippen MR) is 106 cm³/mol. The van der Waals surface area contributed by atoms with Crippen LogP contribution in [-0.4, -0.2) is 50.6 Å². The first-order valence-corrected chi connectivity index (χ1v) is 9.95. The van der Waals surface area contributed by atoms with E-state index >= 15 is 0 Å². The Morgan fingerprint density at radius 2 is 2.14 bits per heavy atom. The van der Waals surface area contributed by atoms with Crippen molar-refractivity contribution >= 4 is 23.3 Å². The van der Waals surface area contributed by atoms with Crippen molar-refractivity contribution in [3.8, 4) is 0 Å². The fraction of sp³-hybridized carbons (Fsp3) is 0.500. The topological polar surface area (TPSA) is 77.4 Å². The molecular weight excluding hydrogens is 372 g/mol. The van der Waals surface area contributed by atoms with Gasteiger partial charge < -0.3 is 9.47 Å². The maximum atomic E-state index is 13.6. The molecule has 4 heterocycles. The van der Waals surface area contributed by atoms with Gasteiger partial charge in [-0.2, -0.15) is 5.06 Å². The van der Waals surface area contributed by atoms with E-state index in [1.54, 1.807) is 0 Å². The van der Waals surface area contributed by atoms with Crippen LogP contribution in [0.2, 0.25) is 0 Å². The summed E-state index contributed by atoms with van der Waals surface area (Å²) >= 11 is 0. The van der Waals surface area contributed by atoms with Crippen LogP contribution in [-0.2, 0) is 29.3 Å². The minimum Gasteiger partial charge on any atom is -0.466 e. The Hall–Kier alpha value is -2.51. The van der Waals surface area contributed by atoms with Crippen LogP contribution in [0.5, 0.6) is 0 Å². The lowest BCUT2D eigenvalue weighted by Crippen LogP contribution is -2.51. The van der Waals surface area contributed by atoms with Crippen molar-refractivity contribution < 1.29 is 23.9 Å². The fourth-order valence-corrected chi connectivity index (χ4v) is 5.71. The van der Waals surface area contributed by atoms with Gasteiger partial charge in [-0.05, 0) is 37.0 Å². The summed E-state index contributed by atoms with van der Waals surface area (Å²) < 4.78 is 11.1. The Labute approximate surface area is 169 Å². The van der Waals surface area contributed by atoms with E-state index < -0.39 is 5.41 Å². The molecule has 1 saturated carbocycles. The van der Waals surface area contributed by atoms with Crippen LogP contribution in [0.15, 0.2) is 40.9 Å². The molecule has 1 aliphatic carbocycles. The normalized spacial score (nSPS) is 35.0. The van der Waals surface area contributed by atoms with Gasteiger partial charge in [-0.25, -0.2) is 4.79 Å². The number of carbonyl (C=O) groups excluding carboxylic acids is 2. The van der Waals surface area contributed by atoms with Crippen LogP contribution in [0.1, 0.15) is 25.3 Å². The van der Waals surface area contributed by atoms with Crippen LogP contribution in [0, 0.1) is 11.8 Å². The number of methoxy groups -OCH3 is 1. The minimum absolute atomic E-state index is 0.0303. The van der Waals surface area contributed by atoms with E-state index in [0.29, 0.717) is 19.4 Å². The summed E-state index contributed by atoms with van der Waals surface area (Å²) in [5.41, 5.74) is 2.76. The highest BCUT2D eigenvalue weighted by Crippen LogP contribution is 2.56. The molecule has 1 amide bonds. The molecule has 1 aromatic rings. The van der Waals surface area contributed by atoms with Crippen LogP contribution in [0.3, 0.4) is 0 Å². The molecule has 29 heavy (non-hydrogen) atoms. The molecule has 3 fully saturated rings. The number of benzene rings is 1. The molecule has 4 bridgehead atoms. The van der Waals surface area contributed by atoms with Crippen LogP contribution < -0.4 is 5.06 Å². The number of nitrogens with zero attached hydrogens (tertiary/aromatic N) is 2. The first-order chi connectivity index (χ1) is 14.0. The van der Waals surface area contributed by atoms with Gasteiger partial charge in [0.05, 0.1) is 38.7 Å². The van der Waals surface area contributed by atoms with Gasteiger partial charge in [0.2, 0.25) is 0 Å². The number of rotatable bonds is 3. The van der Waals surface area contributed by atoms with Crippen LogP contribution in [0.4, 0.5) is 5.69 Å². The van der Waals surface area contributed by atoms with Crippen molar-refractivity contribution in [2.24, 2.45) is 16.8 Å². The fourth-order valence-electron chi connectivity index (χ4n) is 5.71. The van der Waals surface area contributed by atoms with E-state index in [-0.39, 0.29) is 35.9 Å². The number of aliphatic imine (C=N–C) groups is 1. The molecule has 7 heteroatoms. The molecule has 7 nitrogen and oxygen atoms in total. The molecule has 0 unspecified atom stereocenters. The first kappa shape index (κ1) is 18.5. The quantitative estimate of drug-likeness (QED) is 0.578. The van der Waals surface area contributed by atoms with E-state index in [9.17, 15) is 9.59 Å². The lowest BCUT2D eigenvalue weighted by Gasteiger charge is -2.38. The van der Waals surface area contributed by atoms with E-state index in [1.807, 2.05) is 31.2 Å². The molecule has 0 aromatic heterocycles. The van der Waals surface area contributed by atoms with Gasteiger partial charge in [0.1, 0.15) is 5.41 Å². The summed E-state index contributed by atoms with van der Waals surface area (Å²) in [6.45, 7) is 2.47. The second-order valence-corrected chi connectivity index (χ2v) is 8.23. The van der Waals surface area contributed by atoms with E-state index in [1.165, 1.54) is 25.4 Å². The molecule has 152 valence electrons. The summed E-state index contributed by atoms with van der Waals surface area (Å²) in [7, 11) is 2.89. The smallest absolute Gasteiger partial charge is 0.330 e. The lowest BCUT2D eigenvalue weighted by atomic mass is 9.71. The summed E-state index contributed by atoms with van der Waals surface area (Å²) in [6.07, 6.45) is 2.54. The zero-order chi connectivity index (χ0) is 20.3. The Kier molecular flexibility index (Phi) is 4.15. The predicted octanol–water partition coefficient (Wildman–Crippen LogP) is 2.20. The second-order valence-electron chi connectivity index (χ2n) is 8.23. The number of hydrogen-bond donors (Lipinski definition) is 0. The van der Waals surface area contributed by atoms with Gasteiger partial charge in [0, 0.05) is 23.6 Å². The second kappa shape index (κ2) is 6.50. The molecule has 0 N–H and O–H groups in total. The van der Waals surface area contributed by atoms with Gasteiger partial charge in [0.25, 0.3) is 5.91 Å². The average molecular weight is 396 g/mol. The highest BCUT2D eigenvalue weighted by molar-refractivity contribution is 6.09. The van der Waals surface area contributed by atoms with Gasteiger partial charge in [-0.1, -0.05) is 18.2 Å². The monoisotopic (exact) mass is 396 g/mol. The SMILES string of the molecule is COC(=O)/C=C(\C)C1=N[C@H]2C[C@@]3(C(=O)N(OC)c4ccccc43)[C@H]3C[C@@H]1[C@@H]2CO3. The van der Waals surface area contributed by atoms with Crippen molar-refractivity contribution in [1.29, 1.82) is 0 Å². The third-order valence-electron chi connectivity index (χ3n) is 7.00. The Morgan fingerprint density at radius 1 is 1.34 bits per heavy atom. The standard InChI is InChI=1S/C22H24N2O5/c1-12(8-19(25)27-2)20-13-9-18-22(10-16(23-20)14(13)11-29-18)15-6-4-5-7-17(15)24(28-3)21(22)26/h4-8,13-14,16,18H,9-11H2,1-3H3/b12-8+/t13-,14+,16+,18-,22+/m1/s1. The largest absolute Gasteiger partial charge is 0.466 e. The molecule has 6 rings (SSSR count). The highest BCUT2D eigenvalue weighted by Gasteiger charge is 2.64. The van der Waals surface area contributed by atoms with Crippen molar-refractivity contribution in [1.82, 2.24) is 0 Å². The minimum atomic E-state index is -0.782. The van der Waals surface area contributed by atoms with Crippen LogP contribution >= 0.6 is 0 Å². The van der Waals surface area contributed by atoms with Gasteiger partial charge >= 0.3 is 5.97 Å². The van der Waals surface area contributed by atoms with Crippen molar-refractivity contribution in [3.05, 3.63) is 41.5 Å². The van der Waals surface area contributed by atoms with Crippen molar-refractivity contribution in [2.75, 3.05) is 25.9 Å². The number of hydroxylamine groups is 1. The van der Waals surface area contributed by atoms with Crippen LogP contribution in [0.25, 0.3) is 0 Å². The van der Waals surface area contributed by atoms with E-state index in [4.69, 9.17) is 19.3 Å². The molecule has 5 aliphatic rings. The third-order valence-corrected chi connectivity index (χ3v) is 7.00. The Morgan fingerprint density at radius 3 is 2.90 bits per heavy atom. The third kappa shape index (κ3) is 2.40. The number of ether oxygens (including phenoxy) is 2. The maximum Gasteiger partial charge on any atom is 0.330 e. The number of hydrogen-bond acceptors (Lipinski definition) is 6. The number of para-hydroxylation sites is 1. The molecule has 4 aliphatic heterocycles. The number of allylic oxidation sites excluding steroid dienone is 1. The molecular formula is C22H24N2O5. The number of anilines is 1. The average Bonchev–Trinajstić information content (AvgIpc) is 3.09. The van der Waals surface area contributed by atoms with Crippen molar-refractivity contribution in [3.63, 3.8) is 0 Å². The number of fused-ring (bicyclic) bond motifs is 2. The maximum absolute atomic E-state index is 13.6. The number of carbonyl (C=O) groups is 2. The van der Waals surface area contributed by atoms with E-state index in [2.05, 4.69) is 0 Å². The highest BCUT2D eigenvalue weighted by atomic mass is 16.7. The van der Waals surface area contributed by atoms with Gasteiger partial charge in [0.15, 0.2) is 0 Å². The molecule has 1 aromatic carbocycles. The summed E-state index contributed by atoms with van der Waals surface area (Å²) in [5.74, 6) is -0.0512. The van der Waals surface area contributed by atoms with Gasteiger partial charge in [-0.15, -0.1) is 0 Å². The van der Waals surface area contributed by atoms with E-state index in [0.717, 1.165) is 22.5 Å². The zero-order valence-corrected chi connectivity index (χ0v) is 16.8. The summed E-state index contributed by atoms with van der Waals surface area (Å²) in [5, 5.41) is 1.40. The number of esters is 1. The van der Waals surface area contributed by atoms with Gasteiger partial charge in [-0.3, -0.25) is 14.6 Å². The molecule has 5 atom stereocenters. The molecule has 2 saturated heterocycles. The first-order valence-electron chi connectivity index (χ1n) is 9.95. The molecule has 0 radical (unpaired) electrons. The summed E-state index contributed by atoms with van der Waals surface area (Å²) in [4.78, 5) is 35.8. The van der Waals surface area contributed by atoms with Crippen molar-refractivity contribution in [2.45, 2.75) is 37.3 Å². The zero-order valence-electron chi connectivity index (χ0n) is 16.8. The summed E-state index contributed by atoms with van der Waals surface area (Å²) in [6, 6.07) is 7.77. The Bertz CT molecular complexity index is 954. The number of amides is 1. The lowest BCUT2D eigenvalue weighted by molar-refractivity contribution is -0.137.